The molecule has 1 aliphatic heterocycles. The summed E-state index contributed by atoms with van der Waals surface area (Å²) >= 11 is 0. The van der Waals surface area contributed by atoms with Gasteiger partial charge in [-0.2, -0.15) is 0 Å². The number of likely N-dealkylation sites (tertiary alicyclic amines) is 1. The summed E-state index contributed by atoms with van der Waals surface area (Å²) in [6.45, 7) is 5.62. The molecule has 1 amide bonds. The second kappa shape index (κ2) is 11.1. The number of hydrogen-bond donors (Lipinski definition) is 4. The average Bonchev–Trinajstić information content (AvgIpc) is 3.38. The number of nitrogens with two attached hydrogens (primary N) is 1. The second-order valence-corrected chi connectivity index (χ2v) is 9.55. The van der Waals surface area contributed by atoms with E-state index in [9.17, 15) is 9.18 Å². The van der Waals surface area contributed by atoms with E-state index in [1.807, 2.05) is 12.1 Å². The topological polar surface area (TPSA) is 122 Å². The lowest BCUT2D eigenvalue weighted by atomic mass is 9.89. The van der Waals surface area contributed by atoms with Gasteiger partial charge in [-0.3, -0.25) is 15.1 Å². The Bertz CT molecular complexity index is 1450. The van der Waals surface area contributed by atoms with Crippen LogP contribution in [-0.4, -0.2) is 47.5 Å². The highest BCUT2D eigenvalue weighted by Crippen LogP contribution is 2.35. The van der Waals surface area contributed by atoms with Gasteiger partial charge in [-0.05, 0) is 80.7 Å². The van der Waals surface area contributed by atoms with Crippen LogP contribution in [0.2, 0.25) is 0 Å². The number of methoxy groups -OCH3 is 1. The molecule has 1 aliphatic rings. The fraction of sp³-hybridized carbons (Fsp3) is 0.321. The summed E-state index contributed by atoms with van der Waals surface area (Å²) in [7, 11) is 1.65. The molecule has 2 aromatic carbocycles. The highest BCUT2D eigenvalue weighted by Gasteiger charge is 2.23. The summed E-state index contributed by atoms with van der Waals surface area (Å²) in [6.07, 6.45) is 5.22. The fourth-order valence-corrected chi connectivity index (χ4v) is 5.15. The number of hydrogen-bond acceptors (Lipinski definition) is 6. The van der Waals surface area contributed by atoms with Gasteiger partial charge in [0.05, 0.1) is 23.7 Å². The van der Waals surface area contributed by atoms with Crippen LogP contribution in [0.1, 0.15) is 48.0 Å². The van der Waals surface area contributed by atoms with Gasteiger partial charge < -0.3 is 20.7 Å². The number of carbonyl (C=O) groups excluding carboxylic acids is 1. The van der Waals surface area contributed by atoms with Crippen molar-refractivity contribution >= 4 is 40.1 Å². The van der Waals surface area contributed by atoms with Crippen molar-refractivity contribution in [2.24, 2.45) is 5.73 Å². The number of fused-ring (bicyclic) bond motifs is 1. The third-order valence-corrected chi connectivity index (χ3v) is 7.06. The van der Waals surface area contributed by atoms with Crippen LogP contribution in [0.3, 0.4) is 0 Å². The number of rotatable bonds is 9. The Morgan fingerprint density at radius 3 is 2.76 bits per heavy atom. The minimum atomic E-state index is -0.863. The molecule has 1 saturated heterocycles. The van der Waals surface area contributed by atoms with E-state index in [1.54, 1.807) is 19.4 Å². The van der Waals surface area contributed by atoms with E-state index >= 15 is 0 Å². The number of H-pyrrole nitrogens is 2. The largest absolute Gasteiger partial charge is 0.493 e. The quantitative estimate of drug-likeness (QED) is 0.255. The first-order valence-electron chi connectivity index (χ1n) is 12.9. The first kappa shape index (κ1) is 25.5. The lowest BCUT2D eigenvalue weighted by Gasteiger charge is -2.32. The molecule has 9 nitrogen and oxygen atoms in total. The molecular formula is C28H33FN7O2+. The van der Waals surface area contributed by atoms with Crippen LogP contribution in [-0.2, 0) is 0 Å². The average molecular weight is 519 g/mol. The van der Waals surface area contributed by atoms with E-state index in [-0.39, 0.29) is 11.3 Å². The van der Waals surface area contributed by atoms with Crippen molar-refractivity contribution in [1.82, 2.24) is 14.9 Å². The zero-order valence-electron chi connectivity index (χ0n) is 21.6. The van der Waals surface area contributed by atoms with Crippen molar-refractivity contribution in [3.63, 3.8) is 0 Å². The standard InChI is InChI=1S/C28H32FN7O2/c1-3-13-36-14-10-17(11-15-36)18-7-8-21(23(16-18)38-2)33-28-34-26-19(9-12-31-26)27(35-28)32-22-6-4-5-20(29)24(22)25(30)37/h4-9,12,16-17H,3,10-11,13-15H2,1-2H3,(H2,30,37)(H3,31,32,33,34,35)/p+1. The van der Waals surface area contributed by atoms with Crippen molar-refractivity contribution in [3.05, 3.63) is 65.6 Å². The molecule has 10 heteroatoms. The summed E-state index contributed by atoms with van der Waals surface area (Å²) in [6, 6.07) is 12.4. The Morgan fingerprint density at radius 1 is 1.21 bits per heavy atom. The van der Waals surface area contributed by atoms with Crippen LogP contribution in [0.15, 0.2) is 48.7 Å². The zero-order chi connectivity index (χ0) is 26.6. The molecule has 0 unspecified atom stereocenters. The Labute approximate surface area is 220 Å². The van der Waals surface area contributed by atoms with Crippen LogP contribution in [0.4, 0.5) is 27.5 Å². The van der Waals surface area contributed by atoms with Crippen molar-refractivity contribution in [2.75, 3.05) is 37.4 Å². The summed E-state index contributed by atoms with van der Waals surface area (Å²) < 4.78 is 20.1. The number of halogens is 1. The number of ether oxygens (including phenoxy) is 1. The molecule has 2 aromatic heterocycles. The van der Waals surface area contributed by atoms with Crippen molar-refractivity contribution in [2.45, 2.75) is 32.1 Å². The smallest absolute Gasteiger partial charge is 0.351 e. The lowest BCUT2D eigenvalue weighted by molar-refractivity contribution is -0.333. The molecular weight excluding hydrogens is 485 g/mol. The zero-order valence-corrected chi connectivity index (χ0v) is 21.6. The molecule has 0 atom stereocenters. The summed E-state index contributed by atoms with van der Waals surface area (Å²) in [4.78, 5) is 25.5. The highest BCUT2D eigenvalue weighted by molar-refractivity contribution is 6.00. The molecule has 1 fully saturated rings. The molecule has 0 bridgehead atoms. The van der Waals surface area contributed by atoms with Gasteiger partial charge in [0.1, 0.15) is 11.5 Å². The first-order chi connectivity index (χ1) is 18.5. The fourth-order valence-electron chi connectivity index (χ4n) is 5.15. The number of nitrogens with one attached hydrogen (secondary N) is 4. The number of nitrogens with zero attached hydrogens (tertiary/aromatic N) is 2. The van der Waals surface area contributed by atoms with Crippen molar-refractivity contribution in [3.8, 4) is 5.75 Å². The third-order valence-electron chi connectivity index (χ3n) is 7.06. The molecule has 4 aromatic rings. The van der Waals surface area contributed by atoms with Crippen LogP contribution in [0.25, 0.3) is 11.0 Å². The molecule has 0 radical (unpaired) electrons. The number of amides is 1. The maximum atomic E-state index is 14.3. The Hall–Kier alpha value is -4.18. The van der Waals surface area contributed by atoms with Crippen LogP contribution in [0.5, 0.6) is 5.75 Å². The molecule has 6 N–H and O–H groups in total. The maximum Gasteiger partial charge on any atom is 0.351 e. The monoisotopic (exact) mass is 518 g/mol. The van der Waals surface area contributed by atoms with E-state index in [2.05, 4.69) is 49.5 Å². The molecule has 0 saturated carbocycles. The van der Waals surface area contributed by atoms with Gasteiger partial charge >= 0.3 is 5.95 Å². The van der Waals surface area contributed by atoms with Gasteiger partial charge in [0.25, 0.3) is 5.91 Å². The van der Waals surface area contributed by atoms with Gasteiger partial charge in [-0.1, -0.05) is 24.0 Å². The third kappa shape index (κ3) is 5.26. The Balaban J connectivity index is 1.41. The van der Waals surface area contributed by atoms with E-state index in [0.717, 1.165) is 49.3 Å². The van der Waals surface area contributed by atoms with Crippen LogP contribution < -0.4 is 26.1 Å². The van der Waals surface area contributed by atoms with Crippen LogP contribution in [0, 0.1) is 5.82 Å². The summed E-state index contributed by atoms with van der Waals surface area (Å²) in [5.74, 6) is 0.513. The minimum Gasteiger partial charge on any atom is -0.493 e. The predicted molar refractivity (Wildman–Crippen MR) is 146 cm³/mol. The van der Waals surface area contributed by atoms with Crippen molar-refractivity contribution in [1.29, 1.82) is 0 Å². The van der Waals surface area contributed by atoms with Gasteiger partial charge in [-0.15, -0.1) is 0 Å². The summed E-state index contributed by atoms with van der Waals surface area (Å²) in [5, 5.41) is 7.11. The number of primary amides is 1. The van der Waals surface area contributed by atoms with E-state index in [0.29, 0.717) is 23.3 Å². The second-order valence-electron chi connectivity index (χ2n) is 9.55. The number of benzene rings is 2. The van der Waals surface area contributed by atoms with Gasteiger partial charge in [0.15, 0.2) is 5.75 Å². The predicted octanol–water partition coefficient (Wildman–Crippen LogP) is 4.70. The SMILES string of the molecule is CCCN1CCC(c2ccc(Nc3nc(Nc4cccc(F)c4C(N)=O)c4cc[nH]c4[nH+]3)c(OC)c2)CC1. The maximum absolute atomic E-state index is 14.3. The molecule has 0 spiro atoms. The highest BCUT2D eigenvalue weighted by atomic mass is 19.1. The molecule has 0 aliphatic carbocycles. The van der Waals surface area contributed by atoms with Crippen molar-refractivity contribution < 1.29 is 18.9 Å². The van der Waals surface area contributed by atoms with E-state index in [4.69, 9.17) is 10.5 Å². The number of anilines is 4. The van der Waals surface area contributed by atoms with Gasteiger partial charge in [0.2, 0.25) is 11.5 Å². The Morgan fingerprint density at radius 2 is 2.03 bits per heavy atom. The first-order valence-corrected chi connectivity index (χ1v) is 12.9. The number of piperidine rings is 1. The molecule has 198 valence electrons. The normalized spacial score (nSPS) is 14.5. The van der Waals surface area contributed by atoms with E-state index < -0.39 is 11.7 Å². The summed E-state index contributed by atoms with van der Waals surface area (Å²) in [5.41, 5.74) is 8.16. The number of carbonyl (C=O) groups is 1. The lowest BCUT2D eigenvalue weighted by Crippen LogP contribution is -2.33. The Kier molecular flexibility index (Phi) is 7.41. The molecule has 38 heavy (non-hydrogen) atoms. The van der Waals surface area contributed by atoms with Gasteiger partial charge in [-0.25, -0.2) is 9.37 Å². The van der Waals surface area contributed by atoms with Gasteiger partial charge in [0, 0.05) is 6.20 Å². The molecule has 3 heterocycles. The number of aromatic amines is 2. The van der Waals surface area contributed by atoms with Crippen LogP contribution >= 0.6 is 0 Å². The molecule has 5 rings (SSSR count). The minimum absolute atomic E-state index is 0.224. The number of aromatic nitrogens is 3. The van der Waals surface area contributed by atoms with E-state index in [1.165, 1.54) is 24.1 Å².